The summed E-state index contributed by atoms with van der Waals surface area (Å²) >= 11 is 12.1. The van der Waals surface area contributed by atoms with E-state index in [0.29, 0.717) is 22.9 Å². The van der Waals surface area contributed by atoms with E-state index < -0.39 is 0 Å². The molecule has 0 heterocycles. The van der Waals surface area contributed by atoms with Gasteiger partial charge in [-0.15, -0.1) is 0 Å². The molecular weight excluding hydrogens is 383 g/mol. The zero-order valence-corrected chi connectivity index (χ0v) is 17.5. The Hall–Kier alpha value is -1.59. The summed E-state index contributed by atoms with van der Waals surface area (Å²) in [5.41, 5.74) is 1.75. The van der Waals surface area contributed by atoms with Crippen molar-refractivity contribution in [2.45, 2.75) is 19.9 Å². The number of nitrogens with zero attached hydrogens (tertiary/aromatic N) is 1. The maximum atomic E-state index is 12.5. The number of likely N-dealkylation sites (N-methyl/N-ethyl adjacent to an activating group) is 1. The van der Waals surface area contributed by atoms with Crippen LogP contribution in [0.5, 0.6) is 5.75 Å². The van der Waals surface area contributed by atoms with E-state index in [4.69, 9.17) is 27.9 Å². The van der Waals surface area contributed by atoms with Gasteiger partial charge in [0.25, 0.3) is 0 Å². The summed E-state index contributed by atoms with van der Waals surface area (Å²) in [5, 5.41) is 4.45. The number of ketones is 1. The lowest BCUT2D eigenvalue weighted by Crippen LogP contribution is -2.37. The van der Waals surface area contributed by atoms with Gasteiger partial charge in [0, 0.05) is 23.2 Å². The Bertz CT molecular complexity index is 746. The summed E-state index contributed by atoms with van der Waals surface area (Å²) in [6.07, 6.45) is 0. The maximum absolute atomic E-state index is 12.5. The fourth-order valence-electron chi connectivity index (χ4n) is 3.07. The fourth-order valence-corrected chi connectivity index (χ4v) is 3.46. The SMILES string of the molecule is CCN(CC)C(CNCC(=O)c1ccc(OC)c(Cl)c1)c1ccc(Cl)cc1. The van der Waals surface area contributed by atoms with Crippen molar-refractivity contribution in [2.75, 3.05) is 33.3 Å². The normalized spacial score (nSPS) is 12.2. The van der Waals surface area contributed by atoms with Crippen molar-refractivity contribution < 1.29 is 9.53 Å². The van der Waals surface area contributed by atoms with Crippen molar-refractivity contribution in [2.24, 2.45) is 0 Å². The third-order valence-electron chi connectivity index (χ3n) is 4.60. The van der Waals surface area contributed by atoms with Crippen LogP contribution in [0.3, 0.4) is 0 Å². The van der Waals surface area contributed by atoms with E-state index in [9.17, 15) is 4.79 Å². The molecule has 4 nitrogen and oxygen atoms in total. The molecule has 1 atom stereocenters. The zero-order valence-electron chi connectivity index (χ0n) is 16.0. The number of nitrogens with one attached hydrogen (secondary N) is 1. The van der Waals surface area contributed by atoms with Gasteiger partial charge in [-0.05, 0) is 49.0 Å². The Morgan fingerprint density at radius 2 is 1.78 bits per heavy atom. The van der Waals surface area contributed by atoms with Crippen molar-refractivity contribution in [1.29, 1.82) is 0 Å². The molecule has 0 amide bonds. The highest BCUT2D eigenvalue weighted by molar-refractivity contribution is 6.32. The van der Waals surface area contributed by atoms with Gasteiger partial charge in [0.05, 0.1) is 18.7 Å². The van der Waals surface area contributed by atoms with E-state index in [2.05, 4.69) is 24.1 Å². The second-order valence-corrected chi connectivity index (χ2v) is 7.04. The van der Waals surface area contributed by atoms with Crippen molar-refractivity contribution in [3.8, 4) is 5.75 Å². The largest absolute Gasteiger partial charge is 0.495 e. The van der Waals surface area contributed by atoms with Gasteiger partial charge in [0.1, 0.15) is 5.75 Å². The summed E-state index contributed by atoms with van der Waals surface area (Å²) in [5.74, 6) is 0.555. The average molecular weight is 409 g/mol. The van der Waals surface area contributed by atoms with Crippen LogP contribution in [-0.4, -0.2) is 44.0 Å². The predicted octanol–water partition coefficient (Wildman–Crippen LogP) is 4.86. The predicted molar refractivity (Wildman–Crippen MR) is 112 cm³/mol. The minimum absolute atomic E-state index is 0.00560. The van der Waals surface area contributed by atoms with Gasteiger partial charge in [-0.25, -0.2) is 0 Å². The number of carbonyl (C=O) groups excluding carboxylic acids is 1. The summed E-state index contributed by atoms with van der Waals surface area (Å²) in [7, 11) is 1.55. The number of carbonyl (C=O) groups is 1. The fraction of sp³-hybridized carbons (Fsp3) is 0.381. The van der Waals surface area contributed by atoms with Gasteiger partial charge in [-0.3, -0.25) is 9.69 Å². The molecule has 6 heteroatoms. The summed E-state index contributed by atoms with van der Waals surface area (Å²) in [4.78, 5) is 14.8. The molecule has 2 aromatic rings. The van der Waals surface area contributed by atoms with Crippen molar-refractivity contribution >= 4 is 29.0 Å². The van der Waals surface area contributed by atoms with Gasteiger partial charge in [-0.1, -0.05) is 49.2 Å². The van der Waals surface area contributed by atoms with Crippen LogP contribution in [0.2, 0.25) is 10.0 Å². The minimum Gasteiger partial charge on any atom is -0.495 e. The van der Waals surface area contributed by atoms with E-state index >= 15 is 0 Å². The highest BCUT2D eigenvalue weighted by atomic mass is 35.5. The van der Waals surface area contributed by atoms with E-state index in [-0.39, 0.29) is 18.4 Å². The lowest BCUT2D eigenvalue weighted by atomic mass is 10.0. The average Bonchev–Trinajstić information content (AvgIpc) is 2.68. The molecule has 1 unspecified atom stereocenters. The number of methoxy groups -OCH3 is 1. The van der Waals surface area contributed by atoms with E-state index in [0.717, 1.165) is 18.1 Å². The van der Waals surface area contributed by atoms with Gasteiger partial charge < -0.3 is 10.1 Å². The van der Waals surface area contributed by atoms with Crippen LogP contribution in [0.4, 0.5) is 0 Å². The van der Waals surface area contributed by atoms with Crippen molar-refractivity contribution in [3.63, 3.8) is 0 Å². The van der Waals surface area contributed by atoms with Crippen LogP contribution in [0.25, 0.3) is 0 Å². The second kappa shape index (κ2) is 10.7. The Labute approximate surface area is 171 Å². The molecule has 146 valence electrons. The monoisotopic (exact) mass is 408 g/mol. The number of hydrogen-bond acceptors (Lipinski definition) is 4. The highest BCUT2D eigenvalue weighted by Crippen LogP contribution is 2.25. The molecule has 2 rings (SSSR count). The molecule has 1 N–H and O–H groups in total. The lowest BCUT2D eigenvalue weighted by Gasteiger charge is -2.30. The third-order valence-corrected chi connectivity index (χ3v) is 5.15. The third kappa shape index (κ3) is 5.94. The molecule has 0 aliphatic rings. The Morgan fingerprint density at radius 1 is 1.11 bits per heavy atom. The highest BCUT2D eigenvalue weighted by Gasteiger charge is 2.18. The van der Waals surface area contributed by atoms with Crippen LogP contribution < -0.4 is 10.1 Å². The van der Waals surface area contributed by atoms with Crippen LogP contribution in [0.15, 0.2) is 42.5 Å². The van der Waals surface area contributed by atoms with E-state index in [1.165, 1.54) is 5.56 Å². The van der Waals surface area contributed by atoms with Gasteiger partial charge >= 0.3 is 0 Å². The first kappa shape index (κ1) is 21.7. The molecular formula is C21H26Cl2N2O2. The lowest BCUT2D eigenvalue weighted by molar-refractivity contribution is 0.0987. The smallest absolute Gasteiger partial charge is 0.176 e. The van der Waals surface area contributed by atoms with Crippen molar-refractivity contribution in [3.05, 3.63) is 63.6 Å². The van der Waals surface area contributed by atoms with Crippen LogP contribution in [-0.2, 0) is 0 Å². The van der Waals surface area contributed by atoms with Gasteiger partial charge in [0.2, 0.25) is 0 Å². The van der Waals surface area contributed by atoms with Crippen LogP contribution >= 0.6 is 23.2 Å². The molecule has 0 aliphatic heterocycles. The molecule has 0 spiro atoms. The summed E-state index contributed by atoms with van der Waals surface area (Å²) < 4.78 is 5.13. The standard InChI is InChI=1S/C21H26Cl2N2O2/c1-4-25(5-2)19(15-6-9-17(22)10-7-15)13-24-14-20(26)16-8-11-21(27-3)18(23)12-16/h6-12,19,24H,4-5,13-14H2,1-3H3. The zero-order chi connectivity index (χ0) is 19.8. The Morgan fingerprint density at radius 3 is 2.33 bits per heavy atom. The van der Waals surface area contributed by atoms with E-state index in [1.807, 2.05) is 24.3 Å². The van der Waals surface area contributed by atoms with Crippen LogP contribution in [0, 0.1) is 0 Å². The molecule has 27 heavy (non-hydrogen) atoms. The Kier molecular flexibility index (Phi) is 8.58. The minimum atomic E-state index is -0.00560. The number of ether oxygens (including phenoxy) is 1. The van der Waals surface area contributed by atoms with Crippen molar-refractivity contribution in [1.82, 2.24) is 10.2 Å². The molecule has 0 fully saturated rings. The quantitative estimate of drug-likeness (QED) is 0.570. The Balaban J connectivity index is 2.03. The maximum Gasteiger partial charge on any atom is 0.176 e. The molecule has 0 aliphatic carbocycles. The van der Waals surface area contributed by atoms with Crippen LogP contribution in [0.1, 0.15) is 35.8 Å². The first-order valence-corrected chi connectivity index (χ1v) is 9.82. The first-order valence-electron chi connectivity index (χ1n) is 9.07. The molecule has 0 saturated heterocycles. The molecule has 0 saturated carbocycles. The second-order valence-electron chi connectivity index (χ2n) is 6.19. The molecule has 0 radical (unpaired) electrons. The first-order chi connectivity index (χ1) is 13.0. The molecule has 0 aromatic heterocycles. The van der Waals surface area contributed by atoms with Gasteiger partial charge in [0.15, 0.2) is 5.78 Å². The molecule has 2 aromatic carbocycles. The van der Waals surface area contributed by atoms with E-state index in [1.54, 1.807) is 25.3 Å². The number of benzene rings is 2. The summed E-state index contributed by atoms with van der Waals surface area (Å²) in [6.45, 7) is 7.03. The number of rotatable bonds is 10. The number of hydrogen-bond donors (Lipinski definition) is 1. The van der Waals surface area contributed by atoms with Gasteiger partial charge in [-0.2, -0.15) is 0 Å². The number of halogens is 2. The molecule has 0 bridgehead atoms. The summed E-state index contributed by atoms with van der Waals surface area (Å²) in [6, 6.07) is 13.1. The number of Topliss-reactive ketones (excluding diaryl/α,β-unsaturated/α-hetero) is 1. The topological polar surface area (TPSA) is 41.6 Å².